The summed E-state index contributed by atoms with van der Waals surface area (Å²) in [6.45, 7) is 0. The average Bonchev–Trinajstić information content (AvgIpc) is 3.46. The molecule has 0 amide bonds. The van der Waals surface area contributed by atoms with E-state index in [0.29, 0.717) is 46.0 Å². The first-order valence-electron chi connectivity index (χ1n) is 23.3. The van der Waals surface area contributed by atoms with Crippen LogP contribution in [0.5, 0.6) is 0 Å². The largest absolute Gasteiger partial charge is 0.256 e. The van der Waals surface area contributed by atoms with Crippen molar-refractivity contribution >= 4 is 54.4 Å². The molecule has 6 aromatic heterocycles. The van der Waals surface area contributed by atoms with E-state index in [1.807, 2.05) is 97.1 Å². The first-order chi connectivity index (χ1) is 35.7. The lowest BCUT2D eigenvalue weighted by atomic mass is 9.89. The predicted molar refractivity (Wildman–Crippen MR) is 282 cm³/mol. The fourth-order valence-electron chi connectivity index (χ4n) is 9.73. The Morgan fingerprint density at radius 3 is 1.12 bits per heavy atom. The zero-order valence-electron chi connectivity index (χ0n) is 38.0. The maximum Gasteiger partial charge on any atom is 0.166 e. The van der Waals surface area contributed by atoms with Crippen molar-refractivity contribution in [3.63, 3.8) is 0 Å². The lowest BCUT2D eigenvalue weighted by Crippen LogP contribution is -2.02. The van der Waals surface area contributed by atoms with Gasteiger partial charge in [-0.1, -0.05) is 97.1 Å². The van der Waals surface area contributed by atoms with E-state index in [9.17, 15) is 0 Å². The number of pyridine rings is 2. The average molecular weight is 923 g/mol. The van der Waals surface area contributed by atoms with Crippen molar-refractivity contribution in [2.45, 2.75) is 0 Å². The third-order valence-electron chi connectivity index (χ3n) is 13.1. The number of para-hydroxylation sites is 2. The minimum Gasteiger partial charge on any atom is -0.256 e. The summed E-state index contributed by atoms with van der Waals surface area (Å²) in [7, 11) is 0. The summed E-state index contributed by atoms with van der Waals surface area (Å²) in [5, 5.41) is 6.27. The van der Waals surface area contributed by atoms with Crippen LogP contribution in [0.25, 0.3) is 145 Å². The molecule has 14 rings (SSSR count). The normalized spacial score (nSPS) is 11.6. The molecular formula is C60H34N12. The summed E-state index contributed by atoms with van der Waals surface area (Å²) in [4.78, 5) is 59.2. The molecule has 72 heavy (non-hydrogen) atoms. The van der Waals surface area contributed by atoms with Gasteiger partial charge in [0, 0.05) is 81.7 Å². The smallest absolute Gasteiger partial charge is 0.166 e. The number of aromatic nitrogens is 12. The third-order valence-corrected chi connectivity index (χ3v) is 13.1. The van der Waals surface area contributed by atoms with Gasteiger partial charge in [-0.05, 0) is 105 Å². The minimum atomic E-state index is 0.465. The zero-order valence-corrected chi connectivity index (χ0v) is 38.0. The molecule has 0 saturated heterocycles. The summed E-state index contributed by atoms with van der Waals surface area (Å²) in [6, 6.07) is 57.1. The minimum absolute atomic E-state index is 0.465. The maximum absolute atomic E-state index is 5.28. The molecule has 0 aliphatic carbocycles. The summed E-state index contributed by atoms with van der Waals surface area (Å²) >= 11 is 0. The first kappa shape index (κ1) is 40.8. The Bertz CT molecular complexity index is 4210. The van der Waals surface area contributed by atoms with Gasteiger partial charge in [0.15, 0.2) is 34.9 Å². The lowest BCUT2D eigenvalue weighted by molar-refractivity contribution is 1.08. The van der Waals surface area contributed by atoms with Crippen molar-refractivity contribution in [1.82, 2.24) is 59.8 Å². The van der Waals surface area contributed by atoms with Crippen LogP contribution >= 0.6 is 0 Å². The van der Waals surface area contributed by atoms with E-state index in [1.165, 1.54) is 0 Å². The van der Waals surface area contributed by atoms with Crippen molar-refractivity contribution in [2.75, 3.05) is 0 Å². The molecule has 8 aromatic carbocycles. The molecule has 0 aliphatic heterocycles. The highest BCUT2D eigenvalue weighted by atomic mass is 15.0. The molecule has 0 radical (unpaired) electrons. The zero-order chi connectivity index (χ0) is 47.5. The number of rotatable bonds is 8. The van der Waals surface area contributed by atoms with Gasteiger partial charge in [-0.25, -0.2) is 29.9 Å². The number of hydrogen-bond acceptors (Lipinski definition) is 12. The van der Waals surface area contributed by atoms with E-state index in [0.717, 1.165) is 99.2 Å². The van der Waals surface area contributed by atoms with Crippen molar-refractivity contribution in [1.29, 1.82) is 0 Å². The molecule has 0 aliphatic rings. The topological polar surface area (TPSA) is 155 Å². The Morgan fingerprint density at radius 2 is 0.653 bits per heavy atom. The summed E-state index contributed by atoms with van der Waals surface area (Å²) in [6.07, 6.45) is 10.3. The summed E-state index contributed by atoms with van der Waals surface area (Å²) in [5.74, 6) is 3.06. The molecule has 0 unspecified atom stereocenters. The van der Waals surface area contributed by atoms with Gasteiger partial charge in [0.25, 0.3) is 0 Å². The van der Waals surface area contributed by atoms with Crippen LogP contribution in [0.1, 0.15) is 0 Å². The molecule has 0 atom stereocenters. The lowest BCUT2D eigenvalue weighted by Gasteiger charge is -2.17. The van der Waals surface area contributed by atoms with Crippen LogP contribution in [-0.2, 0) is 0 Å². The third kappa shape index (κ3) is 7.01. The van der Waals surface area contributed by atoms with Gasteiger partial charge in [0.05, 0.1) is 33.5 Å². The van der Waals surface area contributed by atoms with Crippen molar-refractivity contribution in [2.24, 2.45) is 0 Å². The van der Waals surface area contributed by atoms with Gasteiger partial charge in [-0.15, -0.1) is 0 Å². The van der Waals surface area contributed by atoms with Crippen LogP contribution in [0.3, 0.4) is 0 Å². The van der Waals surface area contributed by atoms with Crippen LogP contribution in [-0.4, -0.2) is 59.8 Å². The number of nitrogens with zero attached hydrogens (tertiary/aromatic N) is 12. The Hall–Kier alpha value is -10.2. The SMILES string of the molecule is c1ccc(-c2cccc(-c3nc(-c4cccc(-c5ccccn5)c4)nc(-c4ccc5ccc6c(-c7nc(-c8cccc9nccnc89)nc(-c8cccc9nccnc89)n7)ccc7ccc4c5c76)n3)c2)nc1. The Balaban J connectivity index is 0.974. The standard InChI is InChI=1S/C60H34N12/c1-3-27-61-47(15-1)37-9-5-11-39(33-37)55-67-56(40-12-6-10-38(34-40)48-16-2-4-28-62-48)69-57(68-55)43-25-21-35-20-24-42-44(26-22-36-19-23-41(43)51(35)52(36)42)58-70-59(45-13-7-17-49-53(45)65-31-29-63-49)72-60(71-58)46-14-8-18-50-54(46)66-32-30-64-50/h1-34H. The second kappa shape index (κ2) is 16.8. The van der Waals surface area contributed by atoms with E-state index >= 15 is 0 Å². The van der Waals surface area contributed by atoms with Crippen LogP contribution < -0.4 is 0 Å². The molecule has 12 nitrogen and oxygen atoms in total. The fraction of sp³-hybridized carbons (Fsp3) is 0. The molecule has 334 valence electrons. The molecule has 0 spiro atoms. The molecule has 0 N–H and O–H groups in total. The van der Waals surface area contributed by atoms with Crippen molar-refractivity contribution in [3.8, 4) is 90.8 Å². The summed E-state index contributed by atoms with van der Waals surface area (Å²) in [5.41, 5.74) is 11.4. The van der Waals surface area contributed by atoms with E-state index in [2.05, 4.69) is 92.7 Å². The molecule has 6 heterocycles. The van der Waals surface area contributed by atoms with E-state index in [-0.39, 0.29) is 0 Å². The van der Waals surface area contributed by atoms with Crippen molar-refractivity contribution < 1.29 is 0 Å². The highest BCUT2D eigenvalue weighted by molar-refractivity contribution is 6.27. The van der Waals surface area contributed by atoms with Crippen LogP contribution in [0, 0.1) is 0 Å². The highest BCUT2D eigenvalue weighted by Gasteiger charge is 2.22. The predicted octanol–water partition coefficient (Wildman–Crippen LogP) is 13.0. The second-order valence-corrected chi connectivity index (χ2v) is 17.3. The molecule has 0 bridgehead atoms. The van der Waals surface area contributed by atoms with Crippen LogP contribution in [0.4, 0.5) is 0 Å². The van der Waals surface area contributed by atoms with E-state index in [1.54, 1.807) is 37.2 Å². The van der Waals surface area contributed by atoms with Gasteiger partial charge >= 0.3 is 0 Å². The van der Waals surface area contributed by atoms with Crippen molar-refractivity contribution in [3.05, 3.63) is 207 Å². The van der Waals surface area contributed by atoms with E-state index < -0.39 is 0 Å². The Kier molecular flexibility index (Phi) is 9.52. The van der Waals surface area contributed by atoms with E-state index in [4.69, 9.17) is 39.9 Å². The quantitative estimate of drug-likeness (QED) is 0.133. The Labute approximate surface area is 410 Å². The Morgan fingerprint density at radius 1 is 0.250 bits per heavy atom. The molecular weight excluding hydrogens is 889 g/mol. The summed E-state index contributed by atoms with van der Waals surface area (Å²) < 4.78 is 0. The van der Waals surface area contributed by atoms with Crippen LogP contribution in [0.15, 0.2) is 207 Å². The van der Waals surface area contributed by atoms with Gasteiger partial charge in [0.2, 0.25) is 0 Å². The number of benzene rings is 8. The molecule has 12 heteroatoms. The first-order valence-corrected chi connectivity index (χ1v) is 23.3. The van der Waals surface area contributed by atoms with Crippen LogP contribution in [0.2, 0.25) is 0 Å². The van der Waals surface area contributed by atoms with Gasteiger partial charge < -0.3 is 0 Å². The fourth-order valence-corrected chi connectivity index (χ4v) is 9.73. The molecule has 0 saturated carbocycles. The van der Waals surface area contributed by atoms with Gasteiger partial charge in [-0.3, -0.25) is 29.9 Å². The number of hydrogen-bond donors (Lipinski definition) is 0. The molecule has 0 fully saturated rings. The number of fused-ring (bicyclic) bond motifs is 2. The monoisotopic (exact) mass is 922 g/mol. The van der Waals surface area contributed by atoms with Gasteiger partial charge in [-0.2, -0.15) is 0 Å². The molecule has 14 aromatic rings. The highest BCUT2D eigenvalue weighted by Crippen LogP contribution is 2.43. The second-order valence-electron chi connectivity index (χ2n) is 17.3. The maximum atomic E-state index is 5.28. The van der Waals surface area contributed by atoms with Gasteiger partial charge in [0.1, 0.15) is 0 Å².